The van der Waals surface area contributed by atoms with Crippen molar-refractivity contribution in [2.75, 3.05) is 11.9 Å². The molecule has 0 aliphatic carbocycles. The van der Waals surface area contributed by atoms with Crippen molar-refractivity contribution in [2.45, 2.75) is 44.4 Å². The van der Waals surface area contributed by atoms with Crippen LogP contribution in [0.5, 0.6) is 0 Å². The summed E-state index contributed by atoms with van der Waals surface area (Å²) < 4.78 is 1.70. The number of amides is 3. The molecule has 1 fully saturated rings. The zero-order valence-corrected chi connectivity index (χ0v) is 15.5. The number of nitrogens with one attached hydrogen (secondary N) is 2. The summed E-state index contributed by atoms with van der Waals surface area (Å²) in [5.41, 5.74) is 7.65. The van der Waals surface area contributed by atoms with Gasteiger partial charge in [0, 0.05) is 31.0 Å². The van der Waals surface area contributed by atoms with Gasteiger partial charge in [-0.25, -0.2) is 0 Å². The van der Waals surface area contributed by atoms with Crippen LogP contribution < -0.4 is 16.4 Å². The molecule has 1 aliphatic rings. The van der Waals surface area contributed by atoms with Gasteiger partial charge in [0.1, 0.15) is 0 Å². The van der Waals surface area contributed by atoms with Gasteiger partial charge in [0.2, 0.25) is 17.7 Å². The number of carbonyl (C=O) groups excluding carboxylic acids is 3. The van der Waals surface area contributed by atoms with Crippen LogP contribution in [0.2, 0.25) is 0 Å². The van der Waals surface area contributed by atoms with Gasteiger partial charge in [-0.3, -0.25) is 24.4 Å². The zero-order valence-electron chi connectivity index (χ0n) is 15.5. The maximum absolute atomic E-state index is 12.2. The fraction of sp³-hybridized carbons (Fsp3) is 0.474. The van der Waals surface area contributed by atoms with Gasteiger partial charge in [-0.2, -0.15) is 5.10 Å². The molecule has 1 atom stereocenters. The molecule has 3 amide bonds. The first-order valence-corrected chi connectivity index (χ1v) is 9.30. The molecule has 1 unspecified atom stereocenters. The smallest absolute Gasteiger partial charge is 0.235 e. The number of imide groups is 1. The summed E-state index contributed by atoms with van der Waals surface area (Å²) >= 11 is 0. The van der Waals surface area contributed by atoms with E-state index in [-0.39, 0.29) is 17.7 Å². The third-order valence-corrected chi connectivity index (χ3v) is 4.84. The predicted molar refractivity (Wildman–Crippen MR) is 102 cm³/mol. The quantitative estimate of drug-likeness (QED) is 0.504. The Morgan fingerprint density at radius 2 is 2.15 bits per heavy atom. The molecule has 2 aromatic rings. The molecule has 144 valence electrons. The van der Waals surface area contributed by atoms with Crippen LogP contribution in [-0.2, 0) is 21.4 Å². The zero-order chi connectivity index (χ0) is 19.4. The molecule has 1 aromatic carbocycles. The summed E-state index contributed by atoms with van der Waals surface area (Å²) in [5.74, 6) is -1.01. The number of hydrogen-bond donors (Lipinski definition) is 3. The Morgan fingerprint density at radius 1 is 1.33 bits per heavy atom. The Kier molecular flexibility index (Phi) is 5.85. The summed E-state index contributed by atoms with van der Waals surface area (Å²) in [6.45, 7) is 0.647. The van der Waals surface area contributed by atoms with Gasteiger partial charge in [0.15, 0.2) is 0 Å². The number of carbonyl (C=O) groups is 3. The Balaban J connectivity index is 1.75. The van der Waals surface area contributed by atoms with Crippen LogP contribution in [0.4, 0.5) is 5.69 Å². The van der Waals surface area contributed by atoms with Gasteiger partial charge in [-0.15, -0.1) is 0 Å². The number of anilines is 1. The van der Waals surface area contributed by atoms with Gasteiger partial charge in [-0.1, -0.05) is 6.42 Å². The first-order chi connectivity index (χ1) is 13.0. The first kappa shape index (κ1) is 19.0. The average molecular weight is 371 g/mol. The Labute approximate surface area is 157 Å². The van der Waals surface area contributed by atoms with E-state index >= 15 is 0 Å². The van der Waals surface area contributed by atoms with Crippen molar-refractivity contribution in [3.05, 3.63) is 23.9 Å². The van der Waals surface area contributed by atoms with Crippen molar-refractivity contribution in [2.24, 2.45) is 12.8 Å². The van der Waals surface area contributed by atoms with Crippen molar-refractivity contribution < 1.29 is 14.4 Å². The van der Waals surface area contributed by atoms with Crippen molar-refractivity contribution in [1.29, 1.82) is 0 Å². The van der Waals surface area contributed by atoms with E-state index in [0.717, 1.165) is 30.2 Å². The first-order valence-electron chi connectivity index (χ1n) is 9.30. The number of nitrogens with two attached hydrogens (primary N) is 1. The summed E-state index contributed by atoms with van der Waals surface area (Å²) in [4.78, 5) is 35.6. The summed E-state index contributed by atoms with van der Waals surface area (Å²) in [5, 5.41) is 10.6. The molecule has 2 heterocycles. The fourth-order valence-electron chi connectivity index (χ4n) is 3.41. The average Bonchev–Trinajstić information content (AvgIpc) is 2.95. The lowest BCUT2D eigenvalue weighted by Crippen LogP contribution is -2.39. The summed E-state index contributed by atoms with van der Waals surface area (Å²) in [6.07, 6.45) is 3.92. The van der Waals surface area contributed by atoms with Gasteiger partial charge >= 0.3 is 0 Å². The molecule has 3 rings (SSSR count). The molecule has 0 saturated carbocycles. The standard InChI is InChI=1S/C19H25N5O3/c1-24-15-11-12(21-16(25)5-3-2-4-10-20)6-7-13(15)18(23-24)14-8-9-17(26)22-19(14)27/h6-7,11,14H,2-5,8-10,20H2,1H3,(H,21,25)(H,22,26,27). The van der Waals surface area contributed by atoms with Gasteiger partial charge < -0.3 is 11.1 Å². The maximum Gasteiger partial charge on any atom is 0.235 e. The third-order valence-electron chi connectivity index (χ3n) is 4.84. The number of fused-ring (bicyclic) bond motifs is 1. The van der Waals surface area contributed by atoms with Crippen molar-refractivity contribution in [3.8, 4) is 0 Å². The van der Waals surface area contributed by atoms with E-state index in [0.29, 0.717) is 37.2 Å². The molecule has 0 spiro atoms. The van der Waals surface area contributed by atoms with Crippen LogP contribution in [0, 0.1) is 0 Å². The number of hydrogen-bond acceptors (Lipinski definition) is 5. The van der Waals surface area contributed by atoms with E-state index in [4.69, 9.17) is 5.73 Å². The number of aromatic nitrogens is 2. The van der Waals surface area contributed by atoms with Crippen LogP contribution >= 0.6 is 0 Å². The van der Waals surface area contributed by atoms with E-state index in [1.54, 1.807) is 11.7 Å². The highest BCUT2D eigenvalue weighted by Crippen LogP contribution is 2.31. The number of aryl methyl sites for hydroxylation is 1. The third kappa shape index (κ3) is 4.33. The van der Waals surface area contributed by atoms with E-state index in [9.17, 15) is 14.4 Å². The molecule has 1 saturated heterocycles. The van der Waals surface area contributed by atoms with Crippen LogP contribution in [0.1, 0.15) is 50.1 Å². The molecule has 8 nitrogen and oxygen atoms in total. The number of rotatable bonds is 7. The largest absolute Gasteiger partial charge is 0.330 e. The van der Waals surface area contributed by atoms with Crippen LogP contribution in [0.3, 0.4) is 0 Å². The lowest BCUT2D eigenvalue weighted by molar-refractivity contribution is -0.134. The molecular weight excluding hydrogens is 346 g/mol. The predicted octanol–water partition coefficient (Wildman–Crippen LogP) is 1.55. The highest BCUT2D eigenvalue weighted by molar-refractivity contribution is 6.03. The SMILES string of the molecule is Cn1nc(C2CCC(=O)NC2=O)c2ccc(NC(=O)CCCCCN)cc21. The second-order valence-corrected chi connectivity index (χ2v) is 6.89. The van der Waals surface area contributed by atoms with E-state index in [1.807, 2.05) is 18.2 Å². The lowest BCUT2D eigenvalue weighted by Gasteiger charge is -2.19. The highest BCUT2D eigenvalue weighted by Gasteiger charge is 2.31. The highest BCUT2D eigenvalue weighted by atomic mass is 16.2. The topological polar surface area (TPSA) is 119 Å². The Bertz CT molecular complexity index is 874. The number of unbranched alkanes of at least 4 members (excludes halogenated alkanes) is 2. The van der Waals surface area contributed by atoms with Gasteiger partial charge in [-0.05, 0) is 44.0 Å². The van der Waals surface area contributed by atoms with Gasteiger partial charge in [0.05, 0.1) is 17.1 Å². The Morgan fingerprint density at radius 3 is 2.89 bits per heavy atom. The fourth-order valence-corrected chi connectivity index (χ4v) is 3.41. The number of nitrogens with zero attached hydrogens (tertiary/aromatic N) is 2. The van der Waals surface area contributed by atoms with Crippen LogP contribution in [0.25, 0.3) is 10.9 Å². The molecule has 0 radical (unpaired) electrons. The normalized spacial score (nSPS) is 17.2. The van der Waals surface area contributed by atoms with Crippen molar-refractivity contribution in [3.63, 3.8) is 0 Å². The van der Waals surface area contributed by atoms with Crippen LogP contribution in [-0.4, -0.2) is 34.0 Å². The molecule has 27 heavy (non-hydrogen) atoms. The molecule has 0 bridgehead atoms. The monoisotopic (exact) mass is 371 g/mol. The minimum absolute atomic E-state index is 0.0288. The molecule has 4 N–H and O–H groups in total. The molecule has 1 aromatic heterocycles. The van der Waals surface area contributed by atoms with Crippen molar-refractivity contribution >= 4 is 34.3 Å². The Hall–Kier alpha value is -2.74. The minimum atomic E-state index is -0.436. The van der Waals surface area contributed by atoms with Crippen molar-refractivity contribution in [1.82, 2.24) is 15.1 Å². The second-order valence-electron chi connectivity index (χ2n) is 6.89. The lowest BCUT2D eigenvalue weighted by atomic mass is 9.93. The molecule has 1 aliphatic heterocycles. The van der Waals surface area contributed by atoms with E-state index < -0.39 is 5.92 Å². The van der Waals surface area contributed by atoms with E-state index in [2.05, 4.69) is 15.7 Å². The summed E-state index contributed by atoms with van der Waals surface area (Å²) in [7, 11) is 1.80. The number of benzene rings is 1. The second kappa shape index (κ2) is 8.30. The number of piperidine rings is 1. The van der Waals surface area contributed by atoms with E-state index in [1.165, 1.54) is 0 Å². The maximum atomic E-state index is 12.2. The molecule has 8 heteroatoms. The van der Waals surface area contributed by atoms with Crippen LogP contribution in [0.15, 0.2) is 18.2 Å². The van der Waals surface area contributed by atoms with Gasteiger partial charge in [0.25, 0.3) is 0 Å². The minimum Gasteiger partial charge on any atom is -0.330 e. The summed E-state index contributed by atoms with van der Waals surface area (Å²) in [6, 6.07) is 5.54. The molecular formula is C19H25N5O3.